The summed E-state index contributed by atoms with van der Waals surface area (Å²) in [5, 5.41) is 16.6. The van der Waals surface area contributed by atoms with Crippen LogP contribution in [0, 0.1) is 0 Å². The van der Waals surface area contributed by atoms with E-state index in [2.05, 4.69) is 15.6 Å². The summed E-state index contributed by atoms with van der Waals surface area (Å²) in [6.07, 6.45) is 2.47. The number of anilines is 1. The van der Waals surface area contributed by atoms with Crippen molar-refractivity contribution in [2.75, 3.05) is 11.9 Å². The molecule has 6 heteroatoms. The van der Waals surface area contributed by atoms with Crippen molar-refractivity contribution in [2.45, 2.75) is 6.10 Å². The van der Waals surface area contributed by atoms with Crippen molar-refractivity contribution in [3.63, 3.8) is 0 Å². The summed E-state index contributed by atoms with van der Waals surface area (Å²) in [5.74, 6) is 0. The van der Waals surface area contributed by atoms with Gasteiger partial charge in [-0.2, -0.15) is 0 Å². The van der Waals surface area contributed by atoms with Crippen molar-refractivity contribution in [3.05, 3.63) is 59.7 Å². The molecule has 0 saturated heterocycles. The minimum Gasteiger partial charge on any atom is -0.386 e. The molecule has 22 heavy (non-hydrogen) atoms. The molecule has 2 heterocycles. The summed E-state index contributed by atoms with van der Waals surface area (Å²) in [7, 11) is 0. The molecule has 0 bridgehead atoms. The Balaban J connectivity index is 1.57. The summed E-state index contributed by atoms with van der Waals surface area (Å²) in [6.45, 7) is 0.152. The second-order valence-electron chi connectivity index (χ2n) is 4.78. The standard InChI is InChI=1S/C16H15N3O2S/c20-13(15-8-11-4-1-2-6-14(11)22-15)10-18-16(21)19-12-5-3-7-17-9-12/h1-9,13,20H,10H2,(H2,18,19,21). The highest BCUT2D eigenvalue weighted by molar-refractivity contribution is 7.19. The number of benzene rings is 1. The molecule has 112 valence electrons. The van der Waals surface area contributed by atoms with Crippen LogP contribution in [0.3, 0.4) is 0 Å². The van der Waals surface area contributed by atoms with E-state index in [-0.39, 0.29) is 12.6 Å². The number of hydrogen-bond donors (Lipinski definition) is 3. The van der Waals surface area contributed by atoms with E-state index in [0.717, 1.165) is 15.0 Å². The highest BCUT2D eigenvalue weighted by Gasteiger charge is 2.12. The number of thiophene rings is 1. The van der Waals surface area contributed by atoms with Gasteiger partial charge in [-0.25, -0.2) is 4.79 Å². The molecule has 1 atom stereocenters. The molecule has 0 spiro atoms. The molecule has 0 saturated carbocycles. The zero-order valence-corrected chi connectivity index (χ0v) is 12.5. The third-order valence-electron chi connectivity index (χ3n) is 3.15. The average Bonchev–Trinajstić information content (AvgIpc) is 2.98. The van der Waals surface area contributed by atoms with Gasteiger partial charge >= 0.3 is 6.03 Å². The maximum absolute atomic E-state index is 11.8. The van der Waals surface area contributed by atoms with Crippen molar-refractivity contribution in [2.24, 2.45) is 0 Å². The monoisotopic (exact) mass is 313 g/mol. The first-order valence-electron chi connectivity index (χ1n) is 6.84. The summed E-state index contributed by atoms with van der Waals surface area (Å²) < 4.78 is 1.12. The van der Waals surface area contributed by atoms with E-state index in [0.29, 0.717) is 5.69 Å². The lowest BCUT2D eigenvalue weighted by molar-refractivity contribution is 0.178. The summed E-state index contributed by atoms with van der Waals surface area (Å²) in [5.41, 5.74) is 0.608. The van der Waals surface area contributed by atoms with Crippen molar-refractivity contribution in [1.29, 1.82) is 0 Å². The van der Waals surface area contributed by atoms with Gasteiger partial charge in [0.1, 0.15) is 6.10 Å². The van der Waals surface area contributed by atoms with Crippen LogP contribution in [0.4, 0.5) is 10.5 Å². The van der Waals surface area contributed by atoms with Crippen molar-refractivity contribution >= 4 is 33.1 Å². The molecule has 0 aliphatic rings. The molecule has 5 nitrogen and oxygen atoms in total. The first-order chi connectivity index (χ1) is 10.7. The van der Waals surface area contributed by atoms with Gasteiger partial charge in [0, 0.05) is 15.8 Å². The number of aromatic nitrogens is 1. The van der Waals surface area contributed by atoms with Crippen LogP contribution in [0.15, 0.2) is 54.9 Å². The first-order valence-corrected chi connectivity index (χ1v) is 7.65. The van der Waals surface area contributed by atoms with Crippen LogP contribution < -0.4 is 10.6 Å². The third kappa shape index (κ3) is 3.41. The lowest BCUT2D eigenvalue weighted by Crippen LogP contribution is -2.32. The SMILES string of the molecule is O=C(NCC(O)c1cc2ccccc2s1)Nc1cccnc1. The maximum Gasteiger partial charge on any atom is 0.319 e. The molecule has 0 fully saturated rings. The van der Waals surface area contributed by atoms with Crippen LogP contribution >= 0.6 is 11.3 Å². The van der Waals surface area contributed by atoms with E-state index in [1.165, 1.54) is 11.3 Å². The number of carbonyl (C=O) groups is 1. The van der Waals surface area contributed by atoms with E-state index in [1.54, 1.807) is 24.5 Å². The van der Waals surface area contributed by atoms with E-state index in [1.807, 2.05) is 30.3 Å². The molecule has 1 aromatic carbocycles. The van der Waals surface area contributed by atoms with Gasteiger partial charge < -0.3 is 15.7 Å². The molecule has 3 N–H and O–H groups in total. The predicted octanol–water partition coefficient (Wildman–Crippen LogP) is 3.15. The molecule has 0 aliphatic heterocycles. The zero-order chi connectivity index (χ0) is 15.4. The Bertz CT molecular complexity index is 740. The Kier molecular flexibility index (Phi) is 4.32. The number of nitrogens with one attached hydrogen (secondary N) is 2. The molecular weight excluding hydrogens is 298 g/mol. The van der Waals surface area contributed by atoms with Crippen LogP contribution in [0.1, 0.15) is 11.0 Å². The Labute approximate surface area is 131 Å². The average molecular weight is 313 g/mol. The van der Waals surface area contributed by atoms with E-state index in [9.17, 15) is 9.90 Å². The fourth-order valence-corrected chi connectivity index (χ4v) is 3.12. The summed E-state index contributed by atoms with van der Waals surface area (Å²) in [4.78, 5) is 16.5. The smallest absolute Gasteiger partial charge is 0.319 e. The molecule has 0 radical (unpaired) electrons. The molecule has 2 amide bonds. The lowest BCUT2D eigenvalue weighted by Gasteiger charge is -2.11. The fraction of sp³-hybridized carbons (Fsp3) is 0.125. The molecule has 3 aromatic rings. The van der Waals surface area contributed by atoms with Gasteiger partial charge in [-0.05, 0) is 29.7 Å². The van der Waals surface area contributed by atoms with Gasteiger partial charge in [0.15, 0.2) is 0 Å². The van der Waals surface area contributed by atoms with Crippen molar-refractivity contribution in [1.82, 2.24) is 10.3 Å². The van der Waals surface area contributed by atoms with Gasteiger partial charge in [-0.15, -0.1) is 11.3 Å². The largest absolute Gasteiger partial charge is 0.386 e. The normalized spacial score (nSPS) is 12.0. The van der Waals surface area contributed by atoms with Gasteiger partial charge in [0.25, 0.3) is 0 Å². The zero-order valence-electron chi connectivity index (χ0n) is 11.7. The quantitative estimate of drug-likeness (QED) is 0.692. The maximum atomic E-state index is 11.8. The van der Waals surface area contributed by atoms with Gasteiger partial charge in [0.05, 0.1) is 18.4 Å². The minimum absolute atomic E-state index is 0.152. The number of pyridine rings is 1. The number of aliphatic hydroxyl groups excluding tert-OH is 1. The second kappa shape index (κ2) is 6.55. The number of urea groups is 1. The molecular formula is C16H15N3O2S. The van der Waals surface area contributed by atoms with E-state index in [4.69, 9.17) is 0 Å². The first kappa shape index (κ1) is 14.5. The Morgan fingerprint density at radius 3 is 2.91 bits per heavy atom. The molecule has 1 unspecified atom stereocenters. The van der Waals surface area contributed by atoms with E-state index >= 15 is 0 Å². The predicted molar refractivity (Wildman–Crippen MR) is 88.0 cm³/mol. The highest BCUT2D eigenvalue weighted by atomic mass is 32.1. The van der Waals surface area contributed by atoms with Gasteiger partial charge in [-0.1, -0.05) is 18.2 Å². The Morgan fingerprint density at radius 2 is 2.14 bits per heavy atom. The number of nitrogens with zero attached hydrogens (tertiary/aromatic N) is 1. The third-order valence-corrected chi connectivity index (χ3v) is 4.37. The minimum atomic E-state index is -0.725. The Hall–Kier alpha value is -2.44. The Morgan fingerprint density at radius 1 is 1.27 bits per heavy atom. The van der Waals surface area contributed by atoms with Crippen LogP contribution in [-0.4, -0.2) is 22.7 Å². The second-order valence-corrected chi connectivity index (χ2v) is 5.89. The molecule has 0 aliphatic carbocycles. The number of rotatable bonds is 4. The number of hydrogen-bond acceptors (Lipinski definition) is 4. The van der Waals surface area contributed by atoms with Crippen LogP contribution in [-0.2, 0) is 0 Å². The topological polar surface area (TPSA) is 74.2 Å². The summed E-state index contributed by atoms with van der Waals surface area (Å²) >= 11 is 1.53. The van der Waals surface area contributed by atoms with E-state index < -0.39 is 6.10 Å². The summed E-state index contributed by atoms with van der Waals surface area (Å²) in [6, 6.07) is 13.0. The van der Waals surface area contributed by atoms with Crippen LogP contribution in [0.25, 0.3) is 10.1 Å². The van der Waals surface area contributed by atoms with Crippen LogP contribution in [0.2, 0.25) is 0 Å². The molecule has 3 rings (SSSR count). The number of aliphatic hydroxyl groups is 1. The highest BCUT2D eigenvalue weighted by Crippen LogP contribution is 2.29. The molecule has 2 aromatic heterocycles. The van der Waals surface area contributed by atoms with Gasteiger partial charge in [-0.3, -0.25) is 4.98 Å². The lowest BCUT2D eigenvalue weighted by atomic mass is 10.2. The van der Waals surface area contributed by atoms with Crippen LogP contribution in [0.5, 0.6) is 0 Å². The van der Waals surface area contributed by atoms with Gasteiger partial charge in [0.2, 0.25) is 0 Å². The number of amides is 2. The fourth-order valence-electron chi connectivity index (χ4n) is 2.07. The number of carbonyl (C=O) groups excluding carboxylic acids is 1. The number of fused-ring (bicyclic) bond motifs is 1. The van der Waals surface area contributed by atoms with Crippen molar-refractivity contribution in [3.8, 4) is 0 Å². The van der Waals surface area contributed by atoms with Crippen molar-refractivity contribution < 1.29 is 9.90 Å².